The fourth-order valence-corrected chi connectivity index (χ4v) is 1.68. The summed E-state index contributed by atoms with van der Waals surface area (Å²) >= 11 is 0. The Bertz CT molecular complexity index is 474. The van der Waals surface area contributed by atoms with E-state index in [1.54, 1.807) is 36.3 Å². The summed E-state index contributed by atoms with van der Waals surface area (Å²) in [6.45, 7) is 3.50. The molecule has 0 saturated carbocycles. The first kappa shape index (κ1) is 16.8. The van der Waals surface area contributed by atoms with Crippen molar-refractivity contribution in [1.82, 2.24) is 4.90 Å². The van der Waals surface area contributed by atoms with E-state index in [-0.39, 0.29) is 18.3 Å². The van der Waals surface area contributed by atoms with Gasteiger partial charge in [0.1, 0.15) is 5.75 Å². The molecule has 0 aliphatic carbocycles. The van der Waals surface area contributed by atoms with E-state index >= 15 is 0 Å². The van der Waals surface area contributed by atoms with Crippen LogP contribution in [0.1, 0.15) is 12.5 Å². The van der Waals surface area contributed by atoms with Crippen molar-refractivity contribution in [2.75, 3.05) is 33.4 Å². The Morgan fingerprint density at radius 1 is 1.38 bits per heavy atom. The van der Waals surface area contributed by atoms with Gasteiger partial charge in [-0.3, -0.25) is 4.79 Å². The van der Waals surface area contributed by atoms with E-state index in [9.17, 15) is 4.79 Å². The molecule has 0 atom stereocenters. The molecular weight excluding hydrogens is 274 g/mol. The largest absolute Gasteiger partial charge is 0.484 e. The Labute approximate surface area is 123 Å². The van der Waals surface area contributed by atoms with Gasteiger partial charge in [0.25, 0.3) is 5.91 Å². The van der Waals surface area contributed by atoms with Crippen molar-refractivity contribution >= 4 is 11.7 Å². The third-order valence-electron chi connectivity index (χ3n) is 2.92. The predicted molar refractivity (Wildman–Crippen MR) is 78.6 cm³/mol. The molecule has 0 unspecified atom stereocenters. The highest BCUT2D eigenvalue weighted by Gasteiger charge is 2.12. The lowest BCUT2D eigenvalue weighted by Gasteiger charge is -2.20. The maximum atomic E-state index is 11.9. The van der Waals surface area contributed by atoms with Gasteiger partial charge in [0.05, 0.1) is 6.61 Å². The minimum Gasteiger partial charge on any atom is -0.484 e. The third-order valence-corrected chi connectivity index (χ3v) is 2.92. The zero-order valence-electron chi connectivity index (χ0n) is 12.3. The van der Waals surface area contributed by atoms with E-state index < -0.39 is 0 Å². The molecule has 0 aliphatic heterocycles. The molecule has 0 heterocycles. The van der Waals surface area contributed by atoms with Crippen LogP contribution in [-0.2, 0) is 9.53 Å². The van der Waals surface area contributed by atoms with Gasteiger partial charge in [0.2, 0.25) is 0 Å². The van der Waals surface area contributed by atoms with Crippen LogP contribution in [0.4, 0.5) is 0 Å². The Hall–Kier alpha value is -2.28. The van der Waals surface area contributed by atoms with Crippen LogP contribution in [0.5, 0.6) is 5.75 Å². The molecule has 0 aliphatic rings. The number of carbonyl (C=O) groups excluding carboxylic acids is 1. The van der Waals surface area contributed by atoms with Crippen molar-refractivity contribution < 1.29 is 19.5 Å². The number of nitrogens with two attached hydrogens (primary N) is 1. The molecule has 116 valence electrons. The van der Waals surface area contributed by atoms with Crippen LogP contribution >= 0.6 is 0 Å². The number of methoxy groups -OCH3 is 1. The summed E-state index contributed by atoms with van der Waals surface area (Å²) < 4.78 is 10.4. The third kappa shape index (κ3) is 5.31. The van der Waals surface area contributed by atoms with Gasteiger partial charge in [-0.05, 0) is 31.2 Å². The standard InChI is InChI=1S/C14H21N3O4/c1-3-17(8-9-20-2)13(18)10-21-12-6-4-11(5-7-12)14(15)16-19/h4-7,19H,3,8-10H2,1-2H3,(H2,15,16). The summed E-state index contributed by atoms with van der Waals surface area (Å²) in [5.41, 5.74) is 6.03. The summed E-state index contributed by atoms with van der Waals surface area (Å²) in [7, 11) is 1.59. The Kier molecular flexibility index (Phi) is 7.03. The first-order chi connectivity index (χ1) is 10.1. The van der Waals surface area contributed by atoms with Crippen LogP contribution in [0.15, 0.2) is 29.4 Å². The number of oxime groups is 1. The zero-order chi connectivity index (χ0) is 15.7. The number of hydrogen-bond donors (Lipinski definition) is 2. The fourth-order valence-electron chi connectivity index (χ4n) is 1.68. The molecule has 0 aromatic heterocycles. The second kappa shape index (κ2) is 8.80. The van der Waals surface area contributed by atoms with Gasteiger partial charge >= 0.3 is 0 Å². The van der Waals surface area contributed by atoms with E-state index in [1.165, 1.54) is 0 Å². The van der Waals surface area contributed by atoms with Crippen LogP contribution in [0.2, 0.25) is 0 Å². The van der Waals surface area contributed by atoms with Crippen molar-refractivity contribution in [1.29, 1.82) is 0 Å². The number of ether oxygens (including phenoxy) is 2. The fraction of sp³-hybridized carbons (Fsp3) is 0.429. The molecule has 0 fully saturated rings. The highest BCUT2D eigenvalue weighted by Crippen LogP contribution is 2.12. The van der Waals surface area contributed by atoms with E-state index in [4.69, 9.17) is 20.4 Å². The van der Waals surface area contributed by atoms with Gasteiger partial charge < -0.3 is 25.3 Å². The maximum absolute atomic E-state index is 11.9. The van der Waals surface area contributed by atoms with Crippen LogP contribution in [-0.4, -0.2) is 55.3 Å². The van der Waals surface area contributed by atoms with Crippen LogP contribution < -0.4 is 10.5 Å². The van der Waals surface area contributed by atoms with Gasteiger partial charge in [0.15, 0.2) is 12.4 Å². The summed E-state index contributed by atoms with van der Waals surface area (Å²) in [6, 6.07) is 6.62. The Morgan fingerprint density at radius 3 is 2.57 bits per heavy atom. The van der Waals surface area contributed by atoms with E-state index in [0.717, 1.165) is 0 Å². The van der Waals surface area contributed by atoms with Gasteiger partial charge in [-0.25, -0.2) is 0 Å². The minimum absolute atomic E-state index is 0.0225. The second-order valence-corrected chi connectivity index (χ2v) is 4.26. The lowest BCUT2D eigenvalue weighted by atomic mass is 10.2. The number of benzene rings is 1. The maximum Gasteiger partial charge on any atom is 0.260 e. The molecular formula is C14H21N3O4. The number of hydrogen-bond acceptors (Lipinski definition) is 5. The van der Waals surface area contributed by atoms with Crippen LogP contribution in [0.3, 0.4) is 0 Å². The van der Waals surface area contributed by atoms with E-state index in [0.29, 0.717) is 31.0 Å². The lowest BCUT2D eigenvalue weighted by molar-refractivity contribution is -0.133. The van der Waals surface area contributed by atoms with Crippen molar-refractivity contribution in [2.24, 2.45) is 10.9 Å². The second-order valence-electron chi connectivity index (χ2n) is 4.26. The molecule has 0 radical (unpaired) electrons. The zero-order valence-corrected chi connectivity index (χ0v) is 12.3. The van der Waals surface area contributed by atoms with Crippen molar-refractivity contribution in [3.05, 3.63) is 29.8 Å². The summed E-state index contributed by atoms with van der Waals surface area (Å²) in [5, 5.41) is 11.5. The number of rotatable bonds is 8. The molecule has 21 heavy (non-hydrogen) atoms. The molecule has 0 saturated heterocycles. The van der Waals surface area contributed by atoms with Crippen molar-refractivity contribution in [3.8, 4) is 5.75 Å². The topological polar surface area (TPSA) is 97.4 Å². The monoisotopic (exact) mass is 295 g/mol. The first-order valence-corrected chi connectivity index (χ1v) is 6.59. The molecule has 7 nitrogen and oxygen atoms in total. The van der Waals surface area contributed by atoms with Crippen LogP contribution in [0, 0.1) is 0 Å². The molecule has 0 spiro atoms. The number of amides is 1. The normalized spacial score (nSPS) is 11.2. The highest BCUT2D eigenvalue weighted by atomic mass is 16.5. The number of carbonyl (C=O) groups is 1. The summed E-state index contributed by atoms with van der Waals surface area (Å²) in [5.74, 6) is 0.463. The summed E-state index contributed by atoms with van der Waals surface area (Å²) in [6.07, 6.45) is 0. The average Bonchev–Trinajstić information content (AvgIpc) is 2.53. The van der Waals surface area contributed by atoms with Crippen molar-refractivity contribution in [3.63, 3.8) is 0 Å². The molecule has 1 amide bonds. The van der Waals surface area contributed by atoms with Crippen molar-refractivity contribution in [2.45, 2.75) is 6.92 Å². The predicted octanol–water partition coefficient (Wildman–Crippen LogP) is 0.655. The van der Waals surface area contributed by atoms with E-state index in [1.807, 2.05) is 6.92 Å². The number of likely N-dealkylation sites (N-methyl/N-ethyl adjacent to an activating group) is 1. The Balaban J connectivity index is 2.52. The number of nitrogens with zero attached hydrogens (tertiary/aromatic N) is 2. The van der Waals surface area contributed by atoms with Gasteiger partial charge in [-0.2, -0.15) is 0 Å². The molecule has 7 heteroatoms. The van der Waals surface area contributed by atoms with Crippen LogP contribution in [0.25, 0.3) is 0 Å². The lowest BCUT2D eigenvalue weighted by Crippen LogP contribution is -2.37. The van der Waals surface area contributed by atoms with Gasteiger partial charge in [-0.15, -0.1) is 0 Å². The highest BCUT2D eigenvalue weighted by molar-refractivity contribution is 5.97. The summed E-state index contributed by atoms with van der Waals surface area (Å²) in [4.78, 5) is 13.6. The molecule has 3 N–H and O–H groups in total. The Morgan fingerprint density at radius 2 is 2.05 bits per heavy atom. The van der Waals surface area contributed by atoms with E-state index in [2.05, 4.69) is 5.16 Å². The smallest absolute Gasteiger partial charge is 0.260 e. The molecule has 0 bridgehead atoms. The van der Waals surface area contributed by atoms with Gasteiger partial charge in [0, 0.05) is 25.8 Å². The quantitative estimate of drug-likeness (QED) is 0.318. The molecule has 1 aromatic carbocycles. The number of amidine groups is 1. The SMILES string of the molecule is CCN(CCOC)C(=O)COc1ccc(C(N)=NO)cc1. The van der Waals surface area contributed by atoms with Gasteiger partial charge in [-0.1, -0.05) is 5.16 Å². The molecule has 1 aromatic rings. The average molecular weight is 295 g/mol. The first-order valence-electron chi connectivity index (χ1n) is 6.59. The molecule has 1 rings (SSSR count). The minimum atomic E-state index is -0.102.